The van der Waals surface area contributed by atoms with E-state index in [0.29, 0.717) is 28.0 Å². The molecule has 0 aliphatic heterocycles. The lowest BCUT2D eigenvalue weighted by Gasteiger charge is -2.14. The molecule has 3 heterocycles. The van der Waals surface area contributed by atoms with Crippen LogP contribution < -0.4 is 21.1 Å². The van der Waals surface area contributed by atoms with E-state index in [1.54, 1.807) is 37.5 Å². The first-order valence-electron chi connectivity index (χ1n) is 11.8. The van der Waals surface area contributed by atoms with Gasteiger partial charge in [0.25, 0.3) is 0 Å². The van der Waals surface area contributed by atoms with Crippen molar-refractivity contribution in [1.29, 1.82) is 0 Å². The predicted octanol–water partition coefficient (Wildman–Crippen LogP) is 6.12. The Morgan fingerprint density at radius 1 is 0.902 bits per heavy atom. The number of alkyl halides is 3. The van der Waals surface area contributed by atoms with Gasteiger partial charge >= 0.3 is 18.2 Å². The molecule has 14 heteroatoms. The zero-order valence-corrected chi connectivity index (χ0v) is 21.1. The minimum absolute atomic E-state index is 0.0348. The minimum Gasteiger partial charge on any atom is -0.424 e. The van der Waals surface area contributed by atoms with Gasteiger partial charge in [0.05, 0.1) is 41.7 Å². The number of hydrogen-bond donors (Lipinski definition) is 3. The molecule has 208 valence electrons. The van der Waals surface area contributed by atoms with Gasteiger partial charge in [-0.25, -0.2) is 24.1 Å². The topological polar surface area (TPSA) is 133 Å². The molecule has 0 saturated carbocycles. The Hall–Kier alpha value is -5.53. The number of aromatic nitrogens is 5. The van der Waals surface area contributed by atoms with Gasteiger partial charge in [-0.1, -0.05) is 18.2 Å². The SMILES string of the molecule is Cn1cc(-c2ccc(C(F)(F)F)cc2NC(=O)Nc2cnc(Oc3ccc(-c4cc(F)cnc4N)cc3)nc2)cn1. The number of nitrogens with zero attached hydrogens (tertiary/aromatic N) is 5. The number of aryl methyl sites for hydroxylation is 1. The number of carbonyl (C=O) groups excluding carboxylic acids is 1. The molecular formula is C27H20F4N8O2. The Morgan fingerprint density at radius 3 is 2.29 bits per heavy atom. The Balaban J connectivity index is 1.26. The number of amides is 2. The van der Waals surface area contributed by atoms with Crippen molar-refractivity contribution in [2.75, 3.05) is 16.4 Å². The molecular weight excluding hydrogens is 544 g/mol. The van der Waals surface area contributed by atoms with Crippen molar-refractivity contribution in [2.45, 2.75) is 6.18 Å². The Kier molecular flexibility index (Phi) is 7.20. The van der Waals surface area contributed by atoms with E-state index < -0.39 is 23.6 Å². The van der Waals surface area contributed by atoms with Crippen molar-refractivity contribution in [1.82, 2.24) is 24.7 Å². The third kappa shape index (κ3) is 6.38. The number of carbonyl (C=O) groups is 1. The van der Waals surface area contributed by atoms with Gasteiger partial charge in [-0.05, 0) is 35.9 Å². The third-order valence-electron chi connectivity index (χ3n) is 5.76. The highest BCUT2D eigenvalue weighted by Crippen LogP contribution is 2.36. The molecule has 3 aromatic heterocycles. The molecule has 5 rings (SSSR count). The molecule has 0 saturated heterocycles. The maximum Gasteiger partial charge on any atom is 0.416 e. The van der Waals surface area contributed by atoms with Crippen molar-refractivity contribution < 1.29 is 27.1 Å². The van der Waals surface area contributed by atoms with Gasteiger partial charge in [0, 0.05) is 29.9 Å². The number of anilines is 3. The summed E-state index contributed by atoms with van der Waals surface area (Å²) in [6, 6.07) is 10.0. The number of nitrogens with one attached hydrogen (secondary N) is 2. The highest BCUT2D eigenvalue weighted by Gasteiger charge is 2.31. The Morgan fingerprint density at radius 2 is 1.63 bits per heavy atom. The van der Waals surface area contributed by atoms with Gasteiger partial charge < -0.3 is 21.1 Å². The zero-order chi connectivity index (χ0) is 29.1. The zero-order valence-electron chi connectivity index (χ0n) is 21.1. The first-order valence-corrected chi connectivity index (χ1v) is 11.8. The third-order valence-corrected chi connectivity index (χ3v) is 5.76. The number of nitrogens with two attached hydrogens (primary N) is 1. The van der Waals surface area contributed by atoms with E-state index in [-0.39, 0.29) is 23.2 Å². The van der Waals surface area contributed by atoms with Crippen LogP contribution >= 0.6 is 0 Å². The van der Waals surface area contributed by atoms with Crippen LogP contribution in [-0.2, 0) is 13.2 Å². The van der Waals surface area contributed by atoms with E-state index in [1.807, 2.05) is 0 Å². The second-order valence-corrected chi connectivity index (χ2v) is 8.71. The lowest BCUT2D eigenvalue weighted by atomic mass is 10.0. The van der Waals surface area contributed by atoms with Crippen molar-refractivity contribution in [3.05, 3.63) is 90.9 Å². The Labute approximate surface area is 229 Å². The maximum atomic E-state index is 13.5. The number of pyridine rings is 1. The number of nitrogen functional groups attached to an aromatic ring is 1. The van der Waals surface area contributed by atoms with Crippen LogP contribution in [0.4, 0.5) is 39.5 Å². The van der Waals surface area contributed by atoms with Crippen LogP contribution in [0.5, 0.6) is 11.8 Å². The van der Waals surface area contributed by atoms with Gasteiger partial charge in [0.15, 0.2) is 0 Å². The number of halogens is 4. The lowest BCUT2D eigenvalue weighted by Crippen LogP contribution is -2.20. The van der Waals surface area contributed by atoms with Crippen molar-refractivity contribution >= 4 is 23.2 Å². The van der Waals surface area contributed by atoms with Crippen molar-refractivity contribution in [3.63, 3.8) is 0 Å². The maximum absolute atomic E-state index is 13.5. The summed E-state index contributed by atoms with van der Waals surface area (Å²) in [5.74, 6) is 0.0357. The Bertz CT molecular complexity index is 1700. The summed E-state index contributed by atoms with van der Waals surface area (Å²) in [4.78, 5) is 24.5. The molecule has 41 heavy (non-hydrogen) atoms. The molecule has 0 aliphatic rings. The standard InChI is InChI=1S/C27H20F4N8O2/c1-39-14-16(10-36-39)21-7-4-17(27(29,30)31)8-23(21)38-25(40)37-19-12-34-26(35-13-19)41-20-5-2-15(3-6-20)22-9-18(28)11-33-24(22)32/h2-14H,1H3,(H2,32,33)(H2,37,38,40). The summed E-state index contributed by atoms with van der Waals surface area (Å²) in [6.45, 7) is 0. The highest BCUT2D eigenvalue weighted by atomic mass is 19.4. The summed E-state index contributed by atoms with van der Waals surface area (Å²) in [5.41, 5.74) is 6.92. The largest absolute Gasteiger partial charge is 0.424 e. The molecule has 0 fully saturated rings. The van der Waals surface area contributed by atoms with Crippen LogP contribution in [0, 0.1) is 5.82 Å². The van der Waals surface area contributed by atoms with Crippen LogP contribution in [0.25, 0.3) is 22.3 Å². The van der Waals surface area contributed by atoms with Gasteiger partial charge in [0.2, 0.25) is 0 Å². The minimum atomic E-state index is -4.60. The van der Waals surface area contributed by atoms with E-state index in [9.17, 15) is 22.4 Å². The van der Waals surface area contributed by atoms with Gasteiger partial charge in [-0.15, -0.1) is 0 Å². The number of ether oxygens (including phenoxy) is 1. The van der Waals surface area contributed by atoms with Gasteiger partial charge in [-0.3, -0.25) is 4.68 Å². The van der Waals surface area contributed by atoms with E-state index >= 15 is 0 Å². The molecule has 0 unspecified atom stereocenters. The van der Waals surface area contributed by atoms with Crippen molar-refractivity contribution in [2.24, 2.45) is 7.05 Å². The predicted molar refractivity (Wildman–Crippen MR) is 142 cm³/mol. The molecule has 2 aromatic carbocycles. The molecule has 5 aromatic rings. The van der Waals surface area contributed by atoms with E-state index in [1.165, 1.54) is 35.4 Å². The summed E-state index contributed by atoms with van der Waals surface area (Å²) in [6.07, 6.45) is 2.04. The molecule has 0 atom stereocenters. The summed E-state index contributed by atoms with van der Waals surface area (Å²) in [5, 5.41) is 8.96. The van der Waals surface area contributed by atoms with Crippen LogP contribution in [0.1, 0.15) is 5.56 Å². The van der Waals surface area contributed by atoms with Crippen LogP contribution in [0.3, 0.4) is 0 Å². The smallest absolute Gasteiger partial charge is 0.416 e. The second kappa shape index (κ2) is 10.9. The average molecular weight is 565 g/mol. The number of benzene rings is 2. The fourth-order valence-corrected chi connectivity index (χ4v) is 3.84. The molecule has 0 radical (unpaired) electrons. The van der Waals surface area contributed by atoms with Crippen molar-refractivity contribution in [3.8, 4) is 34.0 Å². The molecule has 10 nitrogen and oxygen atoms in total. The van der Waals surface area contributed by atoms with E-state index in [4.69, 9.17) is 10.5 Å². The number of rotatable bonds is 6. The van der Waals surface area contributed by atoms with Gasteiger partial charge in [0.1, 0.15) is 17.4 Å². The molecule has 2 amide bonds. The molecule has 0 bridgehead atoms. The number of hydrogen-bond acceptors (Lipinski definition) is 7. The first kappa shape index (κ1) is 27.1. The van der Waals surface area contributed by atoms with E-state index in [2.05, 4.69) is 30.7 Å². The monoisotopic (exact) mass is 564 g/mol. The molecule has 0 spiro atoms. The summed E-state index contributed by atoms with van der Waals surface area (Å²) in [7, 11) is 1.66. The fourth-order valence-electron chi connectivity index (χ4n) is 3.84. The molecule has 0 aliphatic carbocycles. The molecule has 4 N–H and O–H groups in total. The average Bonchev–Trinajstić information content (AvgIpc) is 3.37. The second-order valence-electron chi connectivity index (χ2n) is 8.71. The van der Waals surface area contributed by atoms with Crippen LogP contribution in [-0.4, -0.2) is 30.8 Å². The first-order chi connectivity index (χ1) is 19.5. The normalized spacial score (nSPS) is 11.2. The quantitative estimate of drug-likeness (QED) is 0.212. The fraction of sp³-hybridized carbons (Fsp3) is 0.0741. The van der Waals surface area contributed by atoms with Crippen LogP contribution in [0.2, 0.25) is 0 Å². The van der Waals surface area contributed by atoms with Crippen LogP contribution in [0.15, 0.2) is 79.5 Å². The summed E-state index contributed by atoms with van der Waals surface area (Å²) >= 11 is 0. The highest BCUT2D eigenvalue weighted by molar-refractivity contribution is 6.02. The number of urea groups is 1. The van der Waals surface area contributed by atoms with Gasteiger partial charge in [-0.2, -0.15) is 18.3 Å². The lowest BCUT2D eigenvalue weighted by molar-refractivity contribution is -0.137. The summed E-state index contributed by atoms with van der Waals surface area (Å²) < 4.78 is 60.6. The van der Waals surface area contributed by atoms with E-state index in [0.717, 1.165) is 18.3 Å².